The second kappa shape index (κ2) is 6.35. The van der Waals surface area contributed by atoms with E-state index in [1.807, 2.05) is 7.05 Å². The summed E-state index contributed by atoms with van der Waals surface area (Å²) >= 11 is 0. The van der Waals surface area contributed by atoms with Crippen molar-refractivity contribution < 1.29 is 4.74 Å². The normalized spacial score (nSPS) is 22.6. The molecule has 1 heterocycles. The van der Waals surface area contributed by atoms with Crippen molar-refractivity contribution in [3.05, 3.63) is 0 Å². The van der Waals surface area contributed by atoms with Gasteiger partial charge in [0.05, 0.1) is 6.61 Å². The second-order valence-electron chi connectivity index (χ2n) is 3.62. The van der Waals surface area contributed by atoms with E-state index in [-0.39, 0.29) is 0 Å². The Morgan fingerprint density at radius 3 is 2.92 bits per heavy atom. The molecule has 1 aliphatic rings. The summed E-state index contributed by atoms with van der Waals surface area (Å²) in [7, 11) is 2.02. The van der Waals surface area contributed by atoms with E-state index in [4.69, 9.17) is 4.74 Å². The first-order chi connectivity index (χ1) is 6.38. The zero-order chi connectivity index (χ0) is 9.52. The summed E-state index contributed by atoms with van der Waals surface area (Å²) in [6.07, 6.45) is 2.40. The Balaban J connectivity index is 2.35. The quantitative estimate of drug-likeness (QED) is 0.699. The van der Waals surface area contributed by atoms with Crippen LogP contribution < -0.4 is 5.32 Å². The third-order valence-corrected chi connectivity index (χ3v) is 2.68. The van der Waals surface area contributed by atoms with Gasteiger partial charge in [-0.3, -0.25) is 4.90 Å². The van der Waals surface area contributed by atoms with Gasteiger partial charge in [0, 0.05) is 32.3 Å². The predicted octanol–water partition coefficient (Wildman–Crippen LogP) is 0.707. The molecule has 0 saturated carbocycles. The van der Waals surface area contributed by atoms with Crippen LogP contribution in [0.5, 0.6) is 0 Å². The molecule has 0 spiro atoms. The zero-order valence-corrected chi connectivity index (χ0v) is 8.88. The molecule has 1 rings (SSSR count). The van der Waals surface area contributed by atoms with Gasteiger partial charge in [0.25, 0.3) is 0 Å². The molecule has 1 unspecified atom stereocenters. The molecule has 1 saturated heterocycles. The van der Waals surface area contributed by atoms with Crippen LogP contribution in [0.15, 0.2) is 0 Å². The highest BCUT2D eigenvalue weighted by molar-refractivity contribution is 4.73. The van der Waals surface area contributed by atoms with Gasteiger partial charge in [-0.2, -0.15) is 0 Å². The van der Waals surface area contributed by atoms with Crippen LogP contribution in [0.2, 0.25) is 0 Å². The van der Waals surface area contributed by atoms with Gasteiger partial charge in [0.1, 0.15) is 0 Å². The molecule has 0 aliphatic carbocycles. The van der Waals surface area contributed by atoms with Crippen molar-refractivity contribution in [2.45, 2.75) is 25.8 Å². The maximum Gasteiger partial charge on any atom is 0.0593 e. The van der Waals surface area contributed by atoms with Gasteiger partial charge in [-0.15, -0.1) is 0 Å². The molecule has 3 nitrogen and oxygen atoms in total. The van der Waals surface area contributed by atoms with E-state index < -0.39 is 0 Å². The molecule has 1 aliphatic heterocycles. The van der Waals surface area contributed by atoms with Crippen molar-refractivity contribution in [3.8, 4) is 0 Å². The Morgan fingerprint density at radius 1 is 1.38 bits per heavy atom. The van der Waals surface area contributed by atoms with Gasteiger partial charge in [0.15, 0.2) is 0 Å². The summed E-state index contributed by atoms with van der Waals surface area (Å²) in [5.41, 5.74) is 0. The van der Waals surface area contributed by atoms with Gasteiger partial charge >= 0.3 is 0 Å². The standard InChI is InChI=1S/C10H22N2O/c1-3-10(9-11-2)12-5-4-7-13-8-6-12/h10-11H,3-9H2,1-2H3. The maximum absolute atomic E-state index is 5.44. The molecule has 0 radical (unpaired) electrons. The van der Waals surface area contributed by atoms with E-state index in [0.717, 1.165) is 26.3 Å². The average molecular weight is 186 g/mol. The maximum atomic E-state index is 5.44. The number of hydrogen-bond acceptors (Lipinski definition) is 3. The van der Waals surface area contributed by atoms with Gasteiger partial charge in [-0.05, 0) is 19.9 Å². The van der Waals surface area contributed by atoms with Crippen LogP contribution in [0.3, 0.4) is 0 Å². The monoisotopic (exact) mass is 186 g/mol. The van der Waals surface area contributed by atoms with Crippen molar-refractivity contribution in [3.63, 3.8) is 0 Å². The number of ether oxygens (including phenoxy) is 1. The van der Waals surface area contributed by atoms with Gasteiger partial charge in [-0.1, -0.05) is 6.92 Å². The Bertz CT molecular complexity index is 122. The molecule has 3 heteroatoms. The lowest BCUT2D eigenvalue weighted by atomic mass is 10.2. The van der Waals surface area contributed by atoms with E-state index in [1.54, 1.807) is 0 Å². The molecule has 0 aromatic carbocycles. The molecule has 13 heavy (non-hydrogen) atoms. The van der Waals surface area contributed by atoms with E-state index in [9.17, 15) is 0 Å². The SMILES string of the molecule is CCC(CNC)N1CCCOCC1. The highest BCUT2D eigenvalue weighted by atomic mass is 16.5. The van der Waals surface area contributed by atoms with Crippen LogP contribution in [-0.4, -0.2) is 50.8 Å². The number of likely N-dealkylation sites (N-methyl/N-ethyl adjacent to an activating group) is 1. The smallest absolute Gasteiger partial charge is 0.0593 e. The fourth-order valence-electron chi connectivity index (χ4n) is 1.90. The first kappa shape index (κ1) is 11.0. The Kier molecular flexibility index (Phi) is 5.35. The Morgan fingerprint density at radius 2 is 2.23 bits per heavy atom. The third kappa shape index (κ3) is 3.63. The van der Waals surface area contributed by atoms with E-state index in [2.05, 4.69) is 17.1 Å². The number of nitrogens with one attached hydrogen (secondary N) is 1. The summed E-state index contributed by atoms with van der Waals surface area (Å²) in [5, 5.41) is 3.25. The van der Waals surface area contributed by atoms with Gasteiger partial charge in [0.2, 0.25) is 0 Å². The Hall–Kier alpha value is -0.120. The molecule has 1 atom stereocenters. The van der Waals surface area contributed by atoms with E-state index in [1.165, 1.54) is 19.4 Å². The lowest BCUT2D eigenvalue weighted by molar-refractivity contribution is 0.130. The molecule has 0 amide bonds. The number of nitrogens with zero attached hydrogens (tertiary/aromatic N) is 1. The van der Waals surface area contributed by atoms with Gasteiger partial charge < -0.3 is 10.1 Å². The lowest BCUT2D eigenvalue weighted by Crippen LogP contribution is -2.42. The number of hydrogen-bond donors (Lipinski definition) is 1. The van der Waals surface area contributed by atoms with Crippen LogP contribution in [0.25, 0.3) is 0 Å². The van der Waals surface area contributed by atoms with Crippen molar-refractivity contribution in [1.82, 2.24) is 10.2 Å². The summed E-state index contributed by atoms with van der Waals surface area (Å²) in [6.45, 7) is 7.48. The van der Waals surface area contributed by atoms with Gasteiger partial charge in [-0.25, -0.2) is 0 Å². The highest BCUT2D eigenvalue weighted by Gasteiger charge is 2.17. The van der Waals surface area contributed by atoms with E-state index in [0.29, 0.717) is 6.04 Å². The summed E-state index contributed by atoms with van der Waals surface area (Å²) in [4.78, 5) is 2.55. The van der Waals surface area contributed by atoms with Crippen molar-refractivity contribution in [2.24, 2.45) is 0 Å². The fourth-order valence-corrected chi connectivity index (χ4v) is 1.90. The molecule has 1 N–H and O–H groups in total. The van der Waals surface area contributed by atoms with Crippen LogP contribution in [0, 0.1) is 0 Å². The minimum Gasteiger partial charge on any atom is -0.380 e. The predicted molar refractivity (Wildman–Crippen MR) is 55.0 cm³/mol. The summed E-state index contributed by atoms with van der Waals surface area (Å²) < 4.78 is 5.44. The lowest BCUT2D eigenvalue weighted by Gasteiger charge is -2.29. The van der Waals surface area contributed by atoms with Crippen molar-refractivity contribution in [1.29, 1.82) is 0 Å². The number of rotatable bonds is 4. The topological polar surface area (TPSA) is 24.5 Å². The summed E-state index contributed by atoms with van der Waals surface area (Å²) in [6, 6.07) is 0.687. The molecular weight excluding hydrogens is 164 g/mol. The van der Waals surface area contributed by atoms with Crippen LogP contribution in [0.1, 0.15) is 19.8 Å². The highest BCUT2D eigenvalue weighted by Crippen LogP contribution is 2.07. The zero-order valence-electron chi connectivity index (χ0n) is 8.88. The van der Waals surface area contributed by atoms with Crippen LogP contribution >= 0.6 is 0 Å². The van der Waals surface area contributed by atoms with Crippen molar-refractivity contribution >= 4 is 0 Å². The minimum atomic E-state index is 0.687. The minimum absolute atomic E-state index is 0.687. The van der Waals surface area contributed by atoms with Crippen LogP contribution in [-0.2, 0) is 4.74 Å². The largest absolute Gasteiger partial charge is 0.380 e. The van der Waals surface area contributed by atoms with Crippen LogP contribution in [0.4, 0.5) is 0 Å². The third-order valence-electron chi connectivity index (χ3n) is 2.68. The fraction of sp³-hybridized carbons (Fsp3) is 1.00. The molecule has 0 aromatic rings. The molecular formula is C10H22N2O. The molecule has 1 fully saturated rings. The Labute approximate surface area is 81.4 Å². The molecule has 0 bridgehead atoms. The molecule has 78 valence electrons. The average Bonchev–Trinajstić information content (AvgIpc) is 2.42. The summed E-state index contributed by atoms with van der Waals surface area (Å²) in [5.74, 6) is 0. The molecule has 0 aromatic heterocycles. The first-order valence-corrected chi connectivity index (χ1v) is 5.35. The van der Waals surface area contributed by atoms with E-state index >= 15 is 0 Å². The second-order valence-corrected chi connectivity index (χ2v) is 3.62. The first-order valence-electron chi connectivity index (χ1n) is 5.35. The van der Waals surface area contributed by atoms with Crippen molar-refractivity contribution in [2.75, 3.05) is 39.9 Å².